The second-order valence-electron chi connectivity index (χ2n) is 5.54. The molecule has 0 saturated carbocycles. The zero-order valence-electron chi connectivity index (χ0n) is 14.0. The topological polar surface area (TPSA) is 41.6 Å². The van der Waals surface area contributed by atoms with Gasteiger partial charge in [0.05, 0.1) is 17.5 Å². The number of hydrogen-bond donors (Lipinski definition) is 1. The Kier molecular flexibility index (Phi) is 7.72. The molecule has 0 bridgehead atoms. The van der Waals surface area contributed by atoms with Crippen molar-refractivity contribution >= 4 is 28.8 Å². The van der Waals surface area contributed by atoms with Crippen LogP contribution in [0.2, 0.25) is 4.34 Å². The van der Waals surface area contributed by atoms with Crippen molar-refractivity contribution in [1.29, 1.82) is 0 Å². The molecular formula is C18H23ClN2O2S. The highest BCUT2D eigenvalue weighted by molar-refractivity contribution is 7.16. The number of likely N-dealkylation sites (N-methyl/N-ethyl adjacent to an activating group) is 1. The molecule has 0 fully saturated rings. The Morgan fingerprint density at radius 3 is 2.50 bits per heavy atom. The lowest BCUT2D eigenvalue weighted by Gasteiger charge is -2.19. The van der Waals surface area contributed by atoms with Gasteiger partial charge >= 0.3 is 0 Å². The number of methoxy groups -OCH3 is 1. The highest BCUT2D eigenvalue weighted by Crippen LogP contribution is 2.22. The number of rotatable bonds is 9. The third kappa shape index (κ3) is 6.24. The molecule has 2 aromatic rings. The average Bonchev–Trinajstić information content (AvgIpc) is 2.99. The maximum absolute atomic E-state index is 12.2. The van der Waals surface area contributed by atoms with Gasteiger partial charge in [-0.3, -0.25) is 9.69 Å². The number of carbonyl (C=O) groups excluding carboxylic acids is 1. The van der Waals surface area contributed by atoms with Crippen molar-refractivity contribution in [3.05, 3.63) is 56.7 Å². The molecule has 130 valence electrons. The second-order valence-corrected chi connectivity index (χ2v) is 7.33. The van der Waals surface area contributed by atoms with Crippen LogP contribution in [0.25, 0.3) is 0 Å². The van der Waals surface area contributed by atoms with E-state index in [2.05, 4.69) is 17.1 Å². The van der Waals surface area contributed by atoms with Gasteiger partial charge in [0.1, 0.15) is 0 Å². The fourth-order valence-electron chi connectivity index (χ4n) is 2.32. The number of carbonyl (C=O) groups is 1. The van der Waals surface area contributed by atoms with Gasteiger partial charge in [-0.2, -0.15) is 0 Å². The van der Waals surface area contributed by atoms with E-state index in [1.807, 2.05) is 36.4 Å². The summed E-state index contributed by atoms with van der Waals surface area (Å²) < 4.78 is 5.87. The first-order valence-electron chi connectivity index (χ1n) is 7.90. The summed E-state index contributed by atoms with van der Waals surface area (Å²) in [7, 11) is 1.68. The molecule has 1 amide bonds. The molecule has 1 heterocycles. The minimum Gasteiger partial charge on any atom is -0.380 e. The van der Waals surface area contributed by atoms with E-state index in [-0.39, 0.29) is 5.91 Å². The van der Waals surface area contributed by atoms with Crippen LogP contribution in [-0.2, 0) is 29.2 Å². The van der Waals surface area contributed by atoms with Gasteiger partial charge in [0, 0.05) is 25.1 Å². The highest BCUT2D eigenvalue weighted by Gasteiger charge is 2.11. The lowest BCUT2D eigenvalue weighted by Crippen LogP contribution is -2.36. The lowest BCUT2D eigenvalue weighted by molar-refractivity contribution is -0.122. The average molecular weight is 367 g/mol. The van der Waals surface area contributed by atoms with Crippen LogP contribution < -0.4 is 5.32 Å². The minimum atomic E-state index is 0.0282. The summed E-state index contributed by atoms with van der Waals surface area (Å²) >= 11 is 7.51. The number of ether oxygens (including phenoxy) is 1. The van der Waals surface area contributed by atoms with Gasteiger partial charge in [-0.1, -0.05) is 42.8 Å². The summed E-state index contributed by atoms with van der Waals surface area (Å²) in [5, 5.41) is 2.97. The Labute approximate surface area is 152 Å². The highest BCUT2D eigenvalue weighted by atomic mass is 35.5. The number of benzene rings is 1. The molecule has 0 aliphatic carbocycles. The number of amides is 1. The largest absolute Gasteiger partial charge is 0.380 e. The molecule has 2 rings (SSSR count). The lowest BCUT2D eigenvalue weighted by atomic mass is 10.1. The molecule has 0 aliphatic heterocycles. The third-order valence-electron chi connectivity index (χ3n) is 3.65. The van der Waals surface area contributed by atoms with Gasteiger partial charge in [-0.15, -0.1) is 11.3 Å². The van der Waals surface area contributed by atoms with E-state index in [4.69, 9.17) is 16.3 Å². The molecular weight excluding hydrogens is 344 g/mol. The zero-order chi connectivity index (χ0) is 17.4. The molecule has 0 radical (unpaired) electrons. The van der Waals surface area contributed by atoms with E-state index in [0.717, 1.165) is 28.6 Å². The Hall–Kier alpha value is -1.40. The van der Waals surface area contributed by atoms with E-state index in [9.17, 15) is 4.79 Å². The molecule has 4 nitrogen and oxygen atoms in total. The van der Waals surface area contributed by atoms with Crippen LogP contribution in [0.5, 0.6) is 0 Å². The fraction of sp³-hybridized carbons (Fsp3) is 0.389. The molecule has 0 aliphatic rings. The molecule has 1 N–H and O–H groups in total. The first kappa shape index (κ1) is 18.9. The quantitative estimate of drug-likeness (QED) is 0.736. The van der Waals surface area contributed by atoms with Crippen molar-refractivity contribution in [2.24, 2.45) is 0 Å². The van der Waals surface area contributed by atoms with Crippen molar-refractivity contribution in [2.75, 3.05) is 20.2 Å². The maximum Gasteiger partial charge on any atom is 0.234 e. The smallest absolute Gasteiger partial charge is 0.234 e. The van der Waals surface area contributed by atoms with Crippen LogP contribution in [0.15, 0.2) is 36.4 Å². The van der Waals surface area contributed by atoms with Crippen molar-refractivity contribution < 1.29 is 9.53 Å². The van der Waals surface area contributed by atoms with Gasteiger partial charge in [-0.05, 0) is 29.8 Å². The summed E-state index contributed by atoms with van der Waals surface area (Å²) in [6.45, 7) is 5.13. The van der Waals surface area contributed by atoms with E-state index in [0.29, 0.717) is 19.7 Å². The Morgan fingerprint density at radius 2 is 1.92 bits per heavy atom. The van der Waals surface area contributed by atoms with Gasteiger partial charge in [0.25, 0.3) is 0 Å². The van der Waals surface area contributed by atoms with Crippen molar-refractivity contribution in [3.8, 4) is 0 Å². The molecule has 0 atom stereocenters. The molecule has 0 saturated heterocycles. The normalized spacial score (nSPS) is 11.0. The molecule has 0 unspecified atom stereocenters. The number of thiophene rings is 1. The standard InChI is InChI=1S/C18H23ClN2O2S/c1-3-21(11-16-8-9-17(19)24-16)12-18(22)20-10-14-4-6-15(7-5-14)13-23-2/h4-9H,3,10-13H2,1-2H3,(H,20,22). The van der Waals surface area contributed by atoms with Gasteiger partial charge < -0.3 is 10.1 Å². The second kappa shape index (κ2) is 9.79. The molecule has 1 aromatic carbocycles. The van der Waals surface area contributed by atoms with Crippen LogP contribution >= 0.6 is 22.9 Å². The number of nitrogens with zero attached hydrogens (tertiary/aromatic N) is 1. The first-order chi connectivity index (χ1) is 11.6. The fourth-order valence-corrected chi connectivity index (χ4v) is 3.45. The first-order valence-corrected chi connectivity index (χ1v) is 9.10. The van der Waals surface area contributed by atoms with Gasteiger partial charge in [-0.25, -0.2) is 0 Å². The summed E-state index contributed by atoms with van der Waals surface area (Å²) in [5.74, 6) is 0.0282. The van der Waals surface area contributed by atoms with Crippen LogP contribution in [0.1, 0.15) is 22.9 Å². The van der Waals surface area contributed by atoms with Crippen molar-refractivity contribution in [1.82, 2.24) is 10.2 Å². The Balaban J connectivity index is 1.78. The Bertz CT molecular complexity index is 643. The minimum absolute atomic E-state index is 0.0282. The van der Waals surface area contributed by atoms with Crippen LogP contribution in [-0.4, -0.2) is 31.0 Å². The molecule has 1 aromatic heterocycles. The summed E-state index contributed by atoms with van der Waals surface area (Å²) in [5.41, 5.74) is 2.20. The predicted molar refractivity (Wildman–Crippen MR) is 99.3 cm³/mol. The van der Waals surface area contributed by atoms with E-state index in [1.165, 1.54) is 4.88 Å². The molecule has 0 spiro atoms. The van der Waals surface area contributed by atoms with Crippen LogP contribution in [0.4, 0.5) is 0 Å². The number of hydrogen-bond acceptors (Lipinski definition) is 4. The molecule has 6 heteroatoms. The van der Waals surface area contributed by atoms with E-state index < -0.39 is 0 Å². The predicted octanol–water partition coefficient (Wildman–Crippen LogP) is 3.69. The molecule has 24 heavy (non-hydrogen) atoms. The van der Waals surface area contributed by atoms with Crippen molar-refractivity contribution in [3.63, 3.8) is 0 Å². The maximum atomic E-state index is 12.2. The SMILES string of the molecule is CCN(CC(=O)NCc1ccc(COC)cc1)Cc1ccc(Cl)s1. The van der Waals surface area contributed by atoms with Gasteiger partial charge in [0.15, 0.2) is 0 Å². The zero-order valence-corrected chi connectivity index (χ0v) is 15.6. The van der Waals surface area contributed by atoms with Crippen LogP contribution in [0, 0.1) is 0 Å². The number of halogens is 1. The van der Waals surface area contributed by atoms with Crippen molar-refractivity contribution in [2.45, 2.75) is 26.6 Å². The van der Waals surface area contributed by atoms with E-state index in [1.54, 1.807) is 18.4 Å². The monoisotopic (exact) mass is 366 g/mol. The van der Waals surface area contributed by atoms with Gasteiger partial charge in [0.2, 0.25) is 5.91 Å². The van der Waals surface area contributed by atoms with Crippen LogP contribution in [0.3, 0.4) is 0 Å². The van der Waals surface area contributed by atoms with E-state index >= 15 is 0 Å². The number of nitrogens with one attached hydrogen (secondary N) is 1. The third-order valence-corrected chi connectivity index (χ3v) is 4.86. The Morgan fingerprint density at radius 1 is 1.21 bits per heavy atom. The summed E-state index contributed by atoms with van der Waals surface area (Å²) in [6.07, 6.45) is 0. The summed E-state index contributed by atoms with van der Waals surface area (Å²) in [4.78, 5) is 15.4. The summed E-state index contributed by atoms with van der Waals surface area (Å²) in [6, 6.07) is 12.0.